The number of aromatic nitrogens is 2. The van der Waals surface area contributed by atoms with Gasteiger partial charge in [0.05, 0.1) is 6.54 Å². The zero-order chi connectivity index (χ0) is 13.8. The van der Waals surface area contributed by atoms with E-state index in [4.69, 9.17) is 10.5 Å². The van der Waals surface area contributed by atoms with E-state index in [0.717, 1.165) is 11.4 Å². The summed E-state index contributed by atoms with van der Waals surface area (Å²) >= 11 is 0. The summed E-state index contributed by atoms with van der Waals surface area (Å²) in [6.45, 7) is 4.51. The number of aryl methyl sites for hydroxylation is 2. The molecule has 0 radical (unpaired) electrons. The molecular formula is C14H17N3O2. The van der Waals surface area contributed by atoms with Crippen LogP contribution in [0.15, 0.2) is 35.1 Å². The Morgan fingerprint density at radius 1 is 1.26 bits per heavy atom. The van der Waals surface area contributed by atoms with Crippen LogP contribution in [0.3, 0.4) is 0 Å². The van der Waals surface area contributed by atoms with E-state index in [1.807, 2.05) is 13.8 Å². The molecule has 1 aromatic carbocycles. The summed E-state index contributed by atoms with van der Waals surface area (Å²) in [5, 5.41) is 0. The number of hydrogen-bond acceptors (Lipinski definition) is 4. The number of benzene rings is 1. The van der Waals surface area contributed by atoms with Gasteiger partial charge in [-0.2, -0.15) is 0 Å². The molecule has 19 heavy (non-hydrogen) atoms. The SMILES string of the molecule is Cc1cc(=O)n(CCOc2ccc(N)cc2)c(C)n1. The van der Waals surface area contributed by atoms with Crippen molar-refractivity contribution >= 4 is 5.69 Å². The number of hydrogen-bond donors (Lipinski definition) is 1. The van der Waals surface area contributed by atoms with Gasteiger partial charge in [0.1, 0.15) is 18.2 Å². The predicted octanol–water partition coefficient (Wildman–Crippen LogP) is 1.52. The summed E-state index contributed by atoms with van der Waals surface area (Å²) in [6, 6.07) is 8.69. The van der Waals surface area contributed by atoms with Gasteiger partial charge in [-0.3, -0.25) is 9.36 Å². The summed E-state index contributed by atoms with van der Waals surface area (Å²) in [5.74, 6) is 1.44. The maximum atomic E-state index is 11.8. The Bertz CT molecular complexity index is 618. The minimum absolute atomic E-state index is 0.0501. The minimum Gasteiger partial charge on any atom is -0.492 e. The van der Waals surface area contributed by atoms with E-state index in [1.165, 1.54) is 6.07 Å². The van der Waals surface area contributed by atoms with E-state index in [-0.39, 0.29) is 5.56 Å². The average molecular weight is 259 g/mol. The average Bonchev–Trinajstić information content (AvgIpc) is 2.34. The lowest BCUT2D eigenvalue weighted by atomic mass is 10.3. The number of nitrogens with two attached hydrogens (primary N) is 1. The molecule has 2 aromatic rings. The van der Waals surface area contributed by atoms with Gasteiger partial charge < -0.3 is 10.5 Å². The molecule has 0 unspecified atom stereocenters. The van der Waals surface area contributed by atoms with Crippen LogP contribution in [0.4, 0.5) is 5.69 Å². The van der Waals surface area contributed by atoms with Crippen molar-refractivity contribution in [1.29, 1.82) is 0 Å². The van der Waals surface area contributed by atoms with Gasteiger partial charge in [-0.1, -0.05) is 0 Å². The van der Waals surface area contributed by atoms with Crippen LogP contribution in [0.25, 0.3) is 0 Å². The van der Waals surface area contributed by atoms with Gasteiger partial charge in [-0.05, 0) is 38.1 Å². The van der Waals surface area contributed by atoms with Crippen LogP contribution >= 0.6 is 0 Å². The summed E-state index contributed by atoms with van der Waals surface area (Å²) < 4.78 is 7.16. The Kier molecular flexibility index (Phi) is 3.85. The van der Waals surface area contributed by atoms with Crippen molar-refractivity contribution in [3.63, 3.8) is 0 Å². The van der Waals surface area contributed by atoms with Crippen molar-refractivity contribution in [2.24, 2.45) is 0 Å². The van der Waals surface area contributed by atoms with E-state index in [9.17, 15) is 4.79 Å². The molecule has 5 heteroatoms. The zero-order valence-electron chi connectivity index (χ0n) is 11.1. The van der Waals surface area contributed by atoms with Crippen molar-refractivity contribution in [1.82, 2.24) is 9.55 Å². The molecule has 2 N–H and O–H groups in total. The molecule has 0 spiro atoms. The van der Waals surface area contributed by atoms with Crippen LogP contribution in [0, 0.1) is 13.8 Å². The van der Waals surface area contributed by atoms with Crippen LogP contribution in [0.5, 0.6) is 5.75 Å². The highest BCUT2D eigenvalue weighted by Gasteiger charge is 2.03. The molecular weight excluding hydrogens is 242 g/mol. The largest absolute Gasteiger partial charge is 0.492 e. The maximum absolute atomic E-state index is 11.8. The molecule has 100 valence electrons. The fourth-order valence-corrected chi connectivity index (χ4v) is 1.85. The normalized spacial score (nSPS) is 10.4. The van der Waals surface area contributed by atoms with Gasteiger partial charge in [0, 0.05) is 17.4 Å². The Morgan fingerprint density at radius 3 is 2.58 bits per heavy atom. The smallest absolute Gasteiger partial charge is 0.253 e. The molecule has 0 amide bonds. The highest BCUT2D eigenvalue weighted by atomic mass is 16.5. The second kappa shape index (κ2) is 5.56. The highest BCUT2D eigenvalue weighted by molar-refractivity contribution is 5.41. The van der Waals surface area contributed by atoms with Gasteiger partial charge >= 0.3 is 0 Å². The Balaban J connectivity index is 2.00. The third-order valence-corrected chi connectivity index (χ3v) is 2.79. The lowest BCUT2D eigenvalue weighted by molar-refractivity contribution is 0.294. The predicted molar refractivity (Wildman–Crippen MR) is 74.3 cm³/mol. The second-order valence-corrected chi connectivity index (χ2v) is 4.35. The quantitative estimate of drug-likeness (QED) is 0.845. The summed E-state index contributed by atoms with van der Waals surface area (Å²) in [6.07, 6.45) is 0. The molecule has 0 bridgehead atoms. The summed E-state index contributed by atoms with van der Waals surface area (Å²) in [7, 11) is 0. The first-order valence-electron chi connectivity index (χ1n) is 6.09. The third-order valence-electron chi connectivity index (χ3n) is 2.79. The number of ether oxygens (including phenoxy) is 1. The van der Waals surface area contributed by atoms with Crippen molar-refractivity contribution in [2.45, 2.75) is 20.4 Å². The first-order chi connectivity index (χ1) is 9.06. The van der Waals surface area contributed by atoms with Crippen LogP contribution in [-0.4, -0.2) is 16.2 Å². The Labute approximate surface area is 111 Å². The molecule has 2 rings (SSSR count). The molecule has 0 saturated carbocycles. The van der Waals surface area contributed by atoms with E-state index < -0.39 is 0 Å². The van der Waals surface area contributed by atoms with Crippen molar-refractivity contribution in [2.75, 3.05) is 12.3 Å². The molecule has 5 nitrogen and oxygen atoms in total. The molecule has 1 heterocycles. The van der Waals surface area contributed by atoms with Gasteiger partial charge in [-0.15, -0.1) is 0 Å². The van der Waals surface area contributed by atoms with Gasteiger partial charge in [0.15, 0.2) is 0 Å². The fourth-order valence-electron chi connectivity index (χ4n) is 1.85. The standard InChI is InChI=1S/C14H17N3O2/c1-10-9-14(18)17(11(2)16-10)7-8-19-13-5-3-12(15)4-6-13/h3-6,9H,7-8,15H2,1-2H3. The van der Waals surface area contributed by atoms with E-state index >= 15 is 0 Å². The van der Waals surface area contributed by atoms with Crippen LogP contribution in [0.2, 0.25) is 0 Å². The lowest BCUT2D eigenvalue weighted by Gasteiger charge is -2.11. The van der Waals surface area contributed by atoms with Gasteiger partial charge in [-0.25, -0.2) is 4.98 Å². The first-order valence-corrected chi connectivity index (χ1v) is 6.09. The maximum Gasteiger partial charge on any atom is 0.253 e. The van der Waals surface area contributed by atoms with Crippen LogP contribution in [-0.2, 0) is 6.54 Å². The number of rotatable bonds is 4. The summed E-state index contributed by atoms with van der Waals surface area (Å²) in [5.41, 5.74) is 6.97. The zero-order valence-corrected chi connectivity index (χ0v) is 11.1. The van der Waals surface area contributed by atoms with Gasteiger partial charge in [0.25, 0.3) is 5.56 Å². The van der Waals surface area contributed by atoms with Crippen LogP contribution in [0.1, 0.15) is 11.5 Å². The third kappa shape index (κ3) is 3.34. The number of anilines is 1. The molecule has 0 aliphatic rings. The van der Waals surface area contributed by atoms with Crippen molar-refractivity contribution in [3.8, 4) is 5.75 Å². The first kappa shape index (κ1) is 13.1. The van der Waals surface area contributed by atoms with Crippen molar-refractivity contribution in [3.05, 3.63) is 52.2 Å². The van der Waals surface area contributed by atoms with Crippen LogP contribution < -0.4 is 16.0 Å². The van der Waals surface area contributed by atoms with E-state index in [0.29, 0.717) is 24.7 Å². The number of nitrogen functional groups attached to an aromatic ring is 1. The highest BCUT2D eigenvalue weighted by Crippen LogP contribution is 2.12. The molecule has 0 atom stereocenters. The summed E-state index contributed by atoms with van der Waals surface area (Å²) in [4.78, 5) is 16.1. The Morgan fingerprint density at radius 2 is 1.95 bits per heavy atom. The molecule has 0 saturated heterocycles. The monoisotopic (exact) mass is 259 g/mol. The lowest BCUT2D eigenvalue weighted by Crippen LogP contribution is -2.26. The number of nitrogens with zero attached hydrogens (tertiary/aromatic N) is 2. The second-order valence-electron chi connectivity index (χ2n) is 4.35. The molecule has 0 fully saturated rings. The van der Waals surface area contributed by atoms with E-state index in [2.05, 4.69) is 4.98 Å². The fraction of sp³-hybridized carbons (Fsp3) is 0.286. The molecule has 0 aliphatic heterocycles. The Hall–Kier alpha value is -2.30. The van der Waals surface area contributed by atoms with E-state index in [1.54, 1.807) is 28.8 Å². The molecule has 1 aromatic heterocycles. The van der Waals surface area contributed by atoms with Gasteiger partial charge in [0.2, 0.25) is 0 Å². The molecule has 0 aliphatic carbocycles. The topological polar surface area (TPSA) is 70.1 Å². The minimum atomic E-state index is -0.0501. The van der Waals surface area contributed by atoms with Crippen molar-refractivity contribution < 1.29 is 4.74 Å².